The van der Waals surface area contributed by atoms with Crippen LogP contribution in [0.4, 0.5) is 11.4 Å². The highest BCUT2D eigenvalue weighted by molar-refractivity contribution is 6.06. The molecule has 1 saturated heterocycles. The van der Waals surface area contributed by atoms with E-state index >= 15 is 0 Å². The summed E-state index contributed by atoms with van der Waals surface area (Å²) < 4.78 is 0. The van der Waals surface area contributed by atoms with Gasteiger partial charge in [0.1, 0.15) is 0 Å². The minimum atomic E-state index is -0.0127. The Morgan fingerprint density at radius 3 is 2.15 bits per heavy atom. The molecular formula is C28H35N3O2. The van der Waals surface area contributed by atoms with Crippen molar-refractivity contribution in [3.05, 3.63) is 59.7 Å². The Labute approximate surface area is 197 Å². The standard InChI is InChI=1S/C28H35N3O2/c1-29(23-12-13-23)26-18-19-31(28(26)33)25-16-14-24(15-17-25)30(2)27(32)22-10-8-21(9-11-22)20-6-4-3-5-7-20/h8-11,14-17,20,23,26H,3-7,12-13,18-19H2,1-2H3. The second-order valence-corrected chi connectivity index (χ2v) is 10.0. The molecule has 2 aromatic carbocycles. The molecule has 3 aliphatic rings. The largest absolute Gasteiger partial charge is 0.311 e. The molecule has 1 aliphatic heterocycles. The third-order valence-electron chi connectivity index (χ3n) is 7.88. The van der Waals surface area contributed by atoms with Crippen LogP contribution in [-0.2, 0) is 4.79 Å². The Morgan fingerprint density at radius 1 is 0.848 bits per heavy atom. The molecule has 0 N–H and O–H groups in total. The van der Waals surface area contributed by atoms with E-state index in [1.165, 1.54) is 50.5 Å². The predicted molar refractivity (Wildman–Crippen MR) is 133 cm³/mol. The average Bonchev–Trinajstić information content (AvgIpc) is 3.65. The smallest absolute Gasteiger partial charge is 0.258 e. The van der Waals surface area contributed by atoms with Crippen molar-refractivity contribution >= 4 is 23.2 Å². The van der Waals surface area contributed by atoms with Crippen LogP contribution >= 0.6 is 0 Å². The average molecular weight is 446 g/mol. The number of hydrogen-bond acceptors (Lipinski definition) is 3. The third kappa shape index (κ3) is 4.56. The lowest BCUT2D eigenvalue weighted by Gasteiger charge is -2.24. The van der Waals surface area contributed by atoms with Crippen LogP contribution in [-0.4, -0.2) is 49.4 Å². The van der Waals surface area contributed by atoms with Gasteiger partial charge in [-0.05, 0) is 87.0 Å². The fraction of sp³-hybridized carbons (Fsp3) is 0.500. The van der Waals surface area contributed by atoms with E-state index in [1.54, 1.807) is 4.90 Å². The predicted octanol–water partition coefficient (Wildman–Crippen LogP) is 5.21. The van der Waals surface area contributed by atoms with E-state index in [0.29, 0.717) is 17.5 Å². The summed E-state index contributed by atoms with van der Waals surface area (Å²) in [4.78, 5) is 31.9. The maximum Gasteiger partial charge on any atom is 0.258 e. The zero-order valence-corrected chi connectivity index (χ0v) is 19.9. The van der Waals surface area contributed by atoms with Gasteiger partial charge in [-0.3, -0.25) is 14.5 Å². The molecule has 2 aliphatic carbocycles. The van der Waals surface area contributed by atoms with Crippen molar-refractivity contribution < 1.29 is 9.59 Å². The van der Waals surface area contributed by atoms with E-state index in [0.717, 1.165) is 24.3 Å². The van der Waals surface area contributed by atoms with Gasteiger partial charge in [0.25, 0.3) is 5.91 Å². The second kappa shape index (κ2) is 9.30. The number of likely N-dealkylation sites (N-methyl/N-ethyl adjacent to an activating group) is 1. The second-order valence-electron chi connectivity index (χ2n) is 10.0. The van der Waals surface area contributed by atoms with Crippen molar-refractivity contribution in [3.8, 4) is 0 Å². The molecule has 3 fully saturated rings. The molecule has 0 radical (unpaired) electrons. The van der Waals surface area contributed by atoms with E-state index in [-0.39, 0.29) is 17.9 Å². The quantitative estimate of drug-likeness (QED) is 0.613. The highest BCUT2D eigenvalue weighted by Crippen LogP contribution is 2.34. The zero-order valence-electron chi connectivity index (χ0n) is 19.9. The number of carbonyl (C=O) groups is 2. The Morgan fingerprint density at radius 2 is 1.52 bits per heavy atom. The van der Waals surface area contributed by atoms with E-state index in [4.69, 9.17) is 0 Å². The lowest BCUT2D eigenvalue weighted by atomic mass is 9.84. The topological polar surface area (TPSA) is 43.9 Å². The van der Waals surface area contributed by atoms with Crippen LogP contribution in [0.1, 0.15) is 73.2 Å². The van der Waals surface area contributed by atoms with E-state index in [1.807, 2.05) is 48.3 Å². The number of anilines is 2. The molecule has 174 valence electrons. The first-order valence-electron chi connectivity index (χ1n) is 12.5. The van der Waals surface area contributed by atoms with Crippen molar-refractivity contribution in [3.63, 3.8) is 0 Å². The summed E-state index contributed by atoms with van der Waals surface area (Å²) in [7, 11) is 3.89. The van der Waals surface area contributed by atoms with Gasteiger partial charge in [0.05, 0.1) is 6.04 Å². The van der Waals surface area contributed by atoms with Gasteiger partial charge in [-0.15, -0.1) is 0 Å². The molecule has 1 unspecified atom stereocenters. The van der Waals surface area contributed by atoms with Gasteiger partial charge in [0.15, 0.2) is 0 Å². The highest BCUT2D eigenvalue weighted by Gasteiger charge is 2.40. The molecule has 2 saturated carbocycles. The van der Waals surface area contributed by atoms with Crippen molar-refractivity contribution in [2.24, 2.45) is 0 Å². The molecule has 1 atom stereocenters. The van der Waals surface area contributed by atoms with Crippen LogP contribution in [0, 0.1) is 0 Å². The molecule has 2 aromatic rings. The number of benzene rings is 2. The maximum atomic E-state index is 13.1. The van der Waals surface area contributed by atoms with Crippen molar-refractivity contribution in [1.29, 1.82) is 0 Å². The number of amides is 2. The van der Waals surface area contributed by atoms with E-state index < -0.39 is 0 Å². The summed E-state index contributed by atoms with van der Waals surface area (Å²) in [6.45, 7) is 0.752. The minimum absolute atomic E-state index is 0.00184. The molecule has 1 heterocycles. The zero-order chi connectivity index (χ0) is 22.9. The van der Waals surface area contributed by atoms with Gasteiger partial charge < -0.3 is 9.80 Å². The fourth-order valence-corrected chi connectivity index (χ4v) is 5.54. The molecule has 5 heteroatoms. The Bertz CT molecular complexity index is 991. The molecule has 33 heavy (non-hydrogen) atoms. The van der Waals surface area contributed by atoms with Gasteiger partial charge in [0.2, 0.25) is 5.91 Å². The number of rotatable bonds is 6. The minimum Gasteiger partial charge on any atom is -0.311 e. The van der Waals surface area contributed by atoms with Crippen LogP contribution in [0.3, 0.4) is 0 Å². The summed E-state index contributed by atoms with van der Waals surface area (Å²) in [6, 6.07) is 16.6. The molecule has 5 rings (SSSR count). The Balaban J connectivity index is 1.23. The van der Waals surface area contributed by atoms with Crippen LogP contribution in [0.25, 0.3) is 0 Å². The molecule has 0 aromatic heterocycles. The first kappa shape index (κ1) is 22.1. The van der Waals surface area contributed by atoms with Gasteiger partial charge in [-0.1, -0.05) is 31.4 Å². The summed E-state index contributed by atoms with van der Waals surface area (Å²) in [6.07, 6.45) is 9.78. The summed E-state index contributed by atoms with van der Waals surface area (Å²) in [5, 5.41) is 0. The summed E-state index contributed by atoms with van der Waals surface area (Å²) in [5.41, 5.74) is 3.81. The fourth-order valence-electron chi connectivity index (χ4n) is 5.54. The summed E-state index contributed by atoms with van der Waals surface area (Å²) >= 11 is 0. The third-order valence-corrected chi connectivity index (χ3v) is 7.88. The number of nitrogens with zero attached hydrogens (tertiary/aromatic N) is 3. The van der Waals surface area contributed by atoms with Gasteiger partial charge in [-0.2, -0.15) is 0 Å². The van der Waals surface area contributed by atoms with E-state index in [9.17, 15) is 9.59 Å². The summed E-state index contributed by atoms with van der Waals surface area (Å²) in [5.74, 6) is 0.825. The normalized spacial score (nSPS) is 21.6. The van der Waals surface area contributed by atoms with Gasteiger partial charge >= 0.3 is 0 Å². The van der Waals surface area contributed by atoms with Crippen LogP contribution in [0.15, 0.2) is 48.5 Å². The monoisotopic (exact) mass is 445 g/mol. The highest BCUT2D eigenvalue weighted by atomic mass is 16.2. The van der Waals surface area contributed by atoms with Gasteiger partial charge in [-0.25, -0.2) is 0 Å². The Hall–Kier alpha value is -2.66. The molecule has 0 bridgehead atoms. The maximum absolute atomic E-state index is 13.1. The molecular weight excluding hydrogens is 410 g/mol. The number of hydrogen-bond donors (Lipinski definition) is 0. The lowest BCUT2D eigenvalue weighted by molar-refractivity contribution is -0.121. The van der Waals surface area contributed by atoms with Crippen LogP contribution < -0.4 is 9.80 Å². The van der Waals surface area contributed by atoms with E-state index in [2.05, 4.69) is 24.1 Å². The molecule has 2 amide bonds. The SMILES string of the molecule is CN(C(=O)c1ccc(C2CCCCC2)cc1)c1ccc(N2CCC(N(C)C3CC3)C2=O)cc1. The lowest BCUT2D eigenvalue weighted by Crippen LogP contribution is -2.40. The molecule has 0 spiro atoms. The number of carbonyl (C=O) groups excluding carboxylic acids is 2. The van der Waals surface area contributed by atoms with Crippen molar-refractivity contribution in [1.82, 2.24) is 4.90 Å². The Kier molecular flexibility index (Phi) is 6.24. The first-order chi connectivity index (χ1) is 16.0. The van der Waals surface area contributed by atoms with Crippen molar-refractivity contribution in [2.75, 3.05) is 30.4 Å². The van der Waals surface area contributed by atoms with Crippen LogP contribution in [0.2, 0.25) is 0 Å². The van der Waals surface area contributed by atoms with Gasteiger partial charge in [0, 0.05) is 36.6 Å². The van der Waals surface area contributed by atoms with Crippen LogP contribution in [0.5, 0.6) is 0 Å². The molecule has 5 nitrogen and oxygen atoms in total. The van der Waals surface area contributed by atoms with Crippen molar-refractivity contribution in [2.45, 2.75) is 69.4 Å². The first-order valence-corrected chi connectivity index (χ1v) is 12.5.